The Morgan fingerprint density at radius 2 is 1.55 bits per heavy atom. The molecule has 1 N–H and O–H groups in total. The minimum atomic E-state index is -2.39. The molecule has 1 saturated carbocycles. The van der Waals surface area contributed by atoms with Gasteiger partial charge >= 0.3 is 5.97 Å². The third-order valence-electron chi connectivity index (χ3n) is 15.3. The highest BCUT2D eigenvalue weighted by atomic mass is 16.6. The molecule has 2 bridgehead atoms. The molecular formula is C53H83NO11. The molecule has 4 rings (SSSR count). The third-order valence-corrected chi connectivity index (χ3v) is 15.3. The summed E-state index contributed by atoms with van der Waals surface area (Å²) in [5.74, 6) is -6.38. The van der Waals surface area contributed by atoms with Crippen molar-refractivity contribution in [3.63, 3.8) is 0 Å². The standard InChI is InChI=1S/C53H83NO11/c1-32-18-14-13-15-19-33(2)46(62-11)30-42-24-22-39(8)53(60,65-42)50(57)51(58)54-25-17-16-20-43(54)52(59)64-47(37(6)28-41-23-21-34(3)45(29-41)61-10)31-44(55)36(5)27-35(4)40(9)49(63-12)48(56)38(7)26-32/h13-15,18-19,27,32,34,36-43,45-47,49,60H,16-17,20-26,28-31H2,1-12H3/b15-13+,18-14+,33-19+,35-27+/t32-,34-,36-,37+,38-,39-,40-,41+,42?,43+,45-,46+,47+,49-,53-/m1/s1. The lowest BCUT2D eigenvalue weighted by atomic mass is 9.76. The number of aliphatic hydroxyl groups is 1. The number of piperidine rings is 1. The molecular weight excluding hydrogens is 827 g/mol. The zero-order valence-corrected chi connectivity index (χ0v) is 41.7. The third kappa shape index (κ3) is 14.4. The van der Waals surface area contributed by atoms with Crippen molar-refractivity contribution in [2.45, 2.75) is 182 Å². The molecule has 15 atom stereocenters. The fourth-order valence-electron chi connectivity index (χ4n) is 10.6. The van der Waals surface area contributed by atoms with Crippen LogP contribution in [0.3, 0.4) is 0 Å². The molecule has 3 heterocycles. The number of Topliss-reactive ketones (excluding diaryl/α,β-unsaturated/α-hetero) is 3. The van der Waals surface area contributed by atoms with E-state index >= 15 is 0 Å². The van der Waals surface area contributed by atoms with Crippen LogP contribution in [0.1, 0.15) is 139 Å². The van der Waals surface area contributed by atoms with E-state index in [1.54, 1.807) is 28.3 Å². The van der Waals surface area contributed by atoms with Gasteiger partial charge in [-0.3, -0.25) is 19.2 Å². The van der Waals surface area contributed by atoms with Gasteiger partial charge in [0.25, 0.3) is 11.7 Å². The van der Waals surface area contributed by atoms with Crippen LogP contribution in [0.2, 0.25) is 0 Å². The number of rotatable bonds is 6. The maximum absolute atomic E-state index is 14.4. The fraction of sp³-hybridized carbons (Fsp3) is 0.755. The molecule has 3 aliphatic heterocycles. The Morgan fingerprint density at radius 3 is 2.23 bits per heavy atom. The van der Waals surface area contributed by atoms with E-state index in [1.165, 1.54) is 4.90 Å². The van der Waals surface area contributed by atoms with E-state index in [0.29, 0.717) is 56.8 Å². The molecule has 1 unspecified atom stereocenters. The first kappa shape index (κ1) is 54.3. The van der Waals surface area contributed by atoms with Crippen molar-refractivity contribution < 1.29 is 52.8 Å². The fourth-order valence-corrected chi connectivity index (χ4v) is 10.6. The summed E-state index contributed by atoms with van der Waals surface area (Å²) in [4.78, 5) is 72.3. The summed E-state index contributed by atoms with van der Waals surface area (Å²) in [6.45, 7) is 17.7. The first-order chi connectivity index (χ1) is 30.7. The van der Waals surface area contributed by atoms with Gasteiger partial charge in [0.1, 0.15) is 24.0 Å². The molecule has 0 spiro atoms. The Kier molecular flexibility index (Phi) is 21.0. The summed E-state index contributed by atoms with van der Waals surface area (Å²) in [5, 5.41) is 12.0. The maximum atomic E-state index is 14.4. The number of ketones is 3. The molecule has 4 aliphatic rings. The lowest BCUT2D eigenvalue weighted by molar-refractivity contribution is -0.265. The van der Waals surface area contributed by atoms with E-state index in [9.17, 15) is 29.1 Å². The van der Waals surface area contributed by atoms with Gasteiger partial charge in [-0.15, -0.1) is 0 Å². The van der Waals surface area contributed by atoms with Gasteiger partial charge in [0.2, 0.25) is 5.79 Å². The average molecular weight is 910 g/mol. The largest absolute Gasteiger partial charge is 0.460 e. The molecule has 65 heavy (non-hydrogen) atoms. The lowest BCUT2D eigenvalue weighted by Crippen LogP contribution is -2.61. The van der Waals surface area contributed by atoms with E-state index in [2.05, 4.69) is 19.9 Å². The van der Waals surface area contributed by atoms with Crippen LogP contribution in [0.4, 0.5) is 0 Å². The van der Waals surface area contributed by atoms with Gasteiger partial charge in [0.15, 0.2) is 5.78 Å². The van der Waals surface area contributed by atoms with Gasteiger partial charge in [-0.1, -0.05) is 90.5 Å². The Hall–Kier alpha value is -3.29. The van der Waals surface area contributed by atoms with Crippen LogP contribution in [-0.2, 0) is 47.7 Å². The number of esters is 1. The number of methoxy groups -OCH3 is 3. The zero-order chi connectivity index (χ0) is 48.2. The Balaban J connectivity index is 1.70. The highest BCUT2D eigenvalue weighted by molar-refractivity contribution is 6.39. The molecule has 1 aliphatic carbocycles. The van der Waals surface area contributed by atoms with Crippen LogP contribution in [-0.4, -0.2) is 109 Å². The summed E-state index contributed by atoms with van der Waals surface area (Å²) >= 11 is 0. The summed E-state index contributed by atoms with van der Waals surface area (Å²) in [6.07, 6.45) is 16.4. The summed E-state index contributed by atoms with van der Waals surface area (Å²) in [6, 6.07) is -1.07. The minimum absolute atomic E-state index is 0.0102. The van der Waals surface area contributed by atoms with Crippen LogP contribution in [0.5, 0.6) is 0 Å². The normalized spacial score (nSPS) is 40.4. The average Bonchev–Trinajstić information content (AvgIpc) is 3.28. The predicted molar refractivity (Wildman–Crippen MR) is 251 cm³/mol. The molecule has 0 aromatic carbocycles. The van der Waals surface area contributed by atoms with Crippen molar-refractivity contribution in [1.29, 1.82) is 0 Å². The monoisotopic (exact) mass is 910 g/mol. The summed E-state index contributed by atoms with van der Waals surface area (Å²) < 4.78 is 30.1. The number of carbonyl (C=O) groups is 5. The molecule has 0 radical (unpaired) electrons. The van der Waals surface area contributed by atoms with Crippen LogP contribution in [0, 0.1) is 47.3 Å². The van der Waals surface area contributed by atoms with Crippen LogP contribution < -0.4 is 0 Å². The molecule has 366 valence electrons. The second-order valence-electron chi connectivity index (χ2n) is 20.3. The summed E-state index contributed by atoms with van der Waals surface area (Å²) in [5.41, 5.74) is 1.77. The van der Waals surface area contributed by atoms with Crippen molar-refractivity contribution in [2.24, 2.45) is 47.3 Å². The number of fused-ring (bicyclic) bond motifs is 3. The first-order valence-corrected chi connectivity index (χ1v) is 24.6. The number of hydrogen-bond acceptors (Lipinski definition) is 11. The van der Waals surface area contributed by atoms with Crippen LogP contribution in [0.25, 0.3) is 0 Å². The van der Waals surface area contributed by atoms with E-state index < -0.39 is 59.6 Å². The molecule has 3 fully saturated rings. The Bertz CT molecular complexity index is 1750. The SMILES string of the molecule is CO[C@H]1CC2CC[C@@H](C)[C@@](O)(O2)C(=O)C(=O)N2CCCC[C@H]2C(=O)O[C@H]([C@@H](C)C[C@@H]2CC[C@@H](C)[C@H](OC)C2)CC(=O)[C@H](C)/C=C(\C)[C@@H](C)[C@@H](OC)C(=O)[C@H](C)C[C@H](C)/C=C/C=C/C=C/1C. The minimum Gasteiger partial charge on any atom is -0.460 e. The van der Waals surface area contributed by atoms with Gasteiger partial charge in [-0.05, 0) is 107 Å². The number of allylic oxidation sites excluding steroid dienone is 6. The number of amides is 1. The van der Waals surface area contributed by atoms with Crippen molar-refractivity contribution in [2.75, 3.05) is 27.9 Å². The van der Waals surface area contributed by atoms with Gasteiger partial charge in [0, 0.05) is 64.4 Å². The van der Waals surface area contributed by atoms with E-state index in [-0.39, 0.29) is 66.8 Å². The van der Waals surface area contributed by atoms with Gasteiger partial charge < -0.3 is 33.7 Å². The van der Waals surface area contributed by atoms with Gasteiger partial charge in [0.05, 0.1) is 18.3 Å². The van der Waals surface area contributed by atoms with E-state index in [1.807, 2.05) is 71.9 Å². The summed E-state index contributed by atoms with van der Waals surface area (Å²) in [7, 11) is 4.90. The van der Waals surface area contributed by atoms with Gasteiger partial charge in [-0.2, -0.15) is 0 Å². The number of cyclic esters (lactones) is 1. The number of ether oxygens (including phenoxy) is 5. The maximum Gasteiger partial charge on any atom is 0.329 e. The van der Waals surface area contributed by atoms with Crippen molar-refractivity contribution in [1.82, 2.24) is 4.90 Å². The quantitative estimate of drug-likeness (QED) is 0.155. The smallest absolute Gasteiger partial charge is 0.329 e. The highest BCUT2D eigenvalue weighted by Gasteiger charge is 2.53. The van der Waals surface area contributed by atoms with E-state index in [0.717, 1.165) is 30.4 Å². The number of nitrogens with zero attached hydrogens (tertiary/aromatic N) is 1. The topological polar surface area (TPSA) is 155 Å². The molecule has 12 heteroatoms. The molecule has 0 aromatic rings. The molecule has 12 nitrogen and oxygen atoms in total. The molecule has 2 saturated heterocycles. The molecule has 1 amide bonds. The Labute approximate surface area is 390 Å². The second kappa shape index (κ2) is 25.2. The molecule has 0 aromatic heterocycles. The zero-order valence-electron chi connectivity index (χ0n) is 41.7. The highest BCUT2D eigenvalue weighted by Crippen LogP contribution is 2.38. The van der Waals surface area contributed by atoms with Crippen molar-refractivity contribution in [3.8, 4) is 0 Å². The Morgan fingerprint density at radius 1 is 0.831 bits per heavy atom. The second-order valence-corrected chi connectivity index (χ2v) is 20.3. The van der Waals surface area contributed by atoms with Crippen LogP contribution >= 0.6 is 0 Å². The first-order valence-electron chi connectivity index (χ1n) is 24.6. The van der Waals surface area contributed by atoms with Gasteiger partial charge in [-0.25, -0.2) is 4.79 Å². The van der Waals surface area contributed by atoms with E-state index in [4.69, 9.17) is 23.7 Å². The van der Waals surface area contributed by atoms with Crippen molar-refractivity contribution in [3.05, 3.63) is 47.6 Å². The number of hydrogen-bond donors (Lipinski definition) is 1. The lowest BCUT2D eigenvalue weighted by Gasteiger charge is -2.42. The van der Waals surface area contributed by atoms with Crippen molar-refractivity contribution >= 4 is 29.2 Å². The predicted octanol–water partition coefficient (Wildman–Crippen LogP) is 8.73. The number of carbonyl (C=O) groups excluding carboxylic acids is 5. The van der Waals surface area contributed by atoms with Crippen LogP contribution in [0.15, 0.2) is 47.6 Å².